The number of nitrogens with one attached hydrogen (secondary N) is 1. The maximum Gasteiger partial charge on any atom is 0.291 e. The molecule has 0 spiro atoms. The van der Waals surface area contributed by atoms with Crippen LogP contribution in [-0.4, -0.2) is 17.7 Å². The van der Waals surface area contributed by atoms with Crippen LogP contribution in [0.25, 0.3) is 0 Å². The van der Waals surface area contributed by atoms with Gasteiger partial charge >= 0.3 is 0 Å². The first kappa shape index (κ1) is 12.2. The van der Waals surface area contributed by atoms with Crippen molar-refractivity contribution < 1.29 is 4.99 Å². The summed E-state index contributed by atoms with van der Waals surface area (Å²) in [6.45, 7) is 4.18. The second kappa shape index (κ2) is 5.27. The second-order valence-electron chi connectivity index (χ2n) is 3.78. The molecule has 0 radical (unpaired) electrons. The summed E-state index contributed by atoms with van der Waals surface area (Å²) in [6, 6.07) is 3.77. The fourth-order valence-electron chi connectivity index (χ4n) is 1.82. The standard InChI is InChI=1S/C11H15N5/c1-3-7(4-2)11-15-9(10(14)16-11)8(5-12)6-13/h7-8,11H,3-4H2,1-2H3,(H2,14,16)/p+1/t11-/m1/s1. The quantitative estimate of drug-likeness (QED) is 0.652. The molecule has 16 heavy (non-hydrogen) atoms. The Morgan fingerprint density at radius 3 is 2.38 bits per heavy atom. The highest BCUT2D eigenvalue weighted by molar-refractivity contribution is 6.41. The van der Waals surface area contributed by atoms with Gasteiger partial charge in [-0.2, -0.15) is 10.5 Å². The van der Waals surface area contributed by atoms with Crippen LogP contribution in [0.15, 0.2) is 4.99 Å². The Labute approximate surface area is 95.3 Å². The van der Waals surface area contributed by atoms with Gasteiger partial charge in [0.25, 0.3) is 5.84 Å². The van der Waals surface area contributed by atoms with Crippen LogP contribution in [-0.2, 0) is 0 Å². The number of rotatable bonds is 4. The third kappa shape index (κ3) is 2.20. The summed E-state index contributed by atoms with van der Waals surface area (Å²) in [5.74, 6) is -0.119. The van der Waals surface area contributed by atoms with Crippen molar-refractivity contribution in [3.8, 4) is 12.1 Å². The van der Waals surface area contributed by atoms with Gasteiger partial charge in [0.15, 0.2) is 17.8 Å². The van der Waals surface area contributed by atoms with E-state index >= 15 is 0 Å². The Morgan fingerprint density at radius 1 is 1.38 bits per heavy atom. The molecule has 0 aromatic carbocycles. The molecule has 1 atom stereocenters. The zero-order valence-electron chi connectivity index (χ0n) is 9.57. The van der Waals surface area contributed by atoms with E-state index in [1.165, 1.54) is 0 Å². The van der Waals surface area contributed by atoms with Crippen LogP contribution in [0.2, 0.25) is 0 Å². The molecule has 0 saturated heterocycles. The molecule has 0 aromatic heterocycles. The summed E-state index contributed by atoms with van der Waals surface area (Å²) >= 11 is 0. The highest BCUT2D eigenvalue weighted by Crippen LogP contribution is 2.14. The molecule has 0 saturated carbocycles. The topological polar surface area (TPSA) is 99.9 Å². The molecule has 0 bridgehead atoms. The lowest BCUT2D eigenvalue weighted by atomic mass is 10.0. The van der Waals surface area contributed by atoms with Crippen molar-refractivity contribution in [1.29, 1.82) is 10.5 Å². The molecule has 3 N–H and O–H groups in total. The normalized spacial score (nSPS) is 19.2. The molecule has 1 rings (SSSR count). The number of hydrogen-bond acceptors (Lipinski definition) is 4. The van der Waals surface area contributed by atoms with Gasteiger partial charge in [0.1, 0.15) is 0 Å². The fraction of sp³-hybridized carbons (Fsp3) is 0.636. The van der Waals surface area contributed by atoms with Crippen molar-refractivity contribution >= 4 is 11.5 Å². The molecular weight excluding hydrogens is 202 g/mol. The molecule has 1 heterocycles. The molecule has 84 valence electrons. The lowest BCUT2D eigenvalue weighted by Crippen LogP contribution is -2.80. The first-order valence-corrected chi connectivity index (χ1v) is 5.44. The van der Waals surface area contributed by atoms with Crippen LogP contribution in [0.5, 0.6) is 0 Å². The summed E-state index contributed by atoms with van der Waals surface area (Å²) in [6.07, 6.45) is 1.89. The number of hydrogen-bond donors (Lipinski definition) is 2. The van der Waals surface area contributed by atoms with Crippen molar-refractivity contribution in [3.63, 3.8) is 0 Å². The molecular formula is C11H16N5+. The van der Waals surface area contributed by atoms with E-state index in [-0.39, 0.29) is 6.17 Å². The predicted molar refractivity (Wildman–Crippen MR) is 60.2 cm³/mol. The summed E-state index contributed by atoms with van der Waals surface area (Å²) in [4.78, 5) is 7.40. The minimum absolute atomic E-state index is 0.0887. The minimum Gasteiger partial charge on any atom is -0.286 e. The first-order chi connectivity index (χ1) is 7.67. The third-order valence-corrected chi connectivity index (χ3v) is 2.88. The largest absolute Gasteiger partial charge is 0.291 e. The van der Waals surface area contributed by atoms with E-state index in [1.54, 1.807) is 0 Å². The predicted octanol–water partition coefficient (Wildman–Crippen LogP) is -0.696. The number of nitriles is 2. The molecule has 1 aliphatic heterocycles. The van der Waals surface area contributed by atoms with Crippen LogP contribution in [0.1, 0.15) is 26.7 Å². The smallest absolute Gasteiger partial charge is 0.286 e. The van der Waals surface area contributed by atoms with Crippen LogP contribution in [0.3, 0.4) is 0 Å². The summed E-state index contributed by atoms with van der Waals surface area (Å²) < 4.78 is 0. The van der Waals surface area contributed by atoms with Gasteiger partial charge in [-0.05, 0) is 12.8 Å². The van der Waals surface area contributed by atoms with Gasteiger partial charge in [-0.1, -0.05) is 13.8 Å². The van der Waals surface area contributed by atoms with E-state index in [0.717, 1.165) is 12.8 Å². The SMILES string of the molecule is CCC(CC)[C@@H]1N=C(C(C#N)C#N)C(N)=[NH+]1. The van der Waals surface area contributed by atoms with Crippen molar-refractivity contribution in [2.24, 2.45) is 22.6 Å². The highest BCUT2D eigenvalue weighted by atomic mass is 15.1. The van der Waals surface area contributed by atoms with Gasteiger partial charge in [-0.15, -0.1) is 0 Å². The Kier molecular flexibility index (Phi) is 4.02. The van der Waals surface area contributed by atoms with E-state index in [2.05, 4.69) is 23.8 Å². The average Bonchev–Trinajstić information content (AvgIpc) is 2.65. The molecule has 0 unspecified atom stereocenters. The number of nitrogens with zero attached hydrogens (tertiary/aromatic N) is 3. The molecule has 0 aromatic rings. The lowest BCUT2D eigenvalue weighted by molar-refractivity contribution is -0.506. The van der Waals surface area contributed by atoms with Crippen LogP contribution < -0.4 is 10.7 Å². The Bertz CT molecular complexity index is 378. The van der Waals surface area contributed by atoms with Gasteiger partial charge in [-0.25, -0.2) is 4.99 Å². The van der Waals surface area contributed by atoms with Gasteiger partial charge in [0.05, 0.1) is 12.1 Å². The van der Waals surface area contributed by atoms with Crippen molar-refractivity contribution in [1.82, 2.24) is 0 Å². The van der Waals surface area contributed by atoms with Gasteiger partial charge in [0.2, 0.25) is 0 Å². The summed E-state index contributed by atoms with van der Waals surface area (Å²) in [5.41, 5.74) is 6.13. The van der Waals surface area contributed by atoms with E-state index < -0.39 is 5.92 Å². The van der Waals surface area contributed by atoms with Gasteiger partial charge in [-0.3, -0.25) is 10.7 Å². The molecule has 5 heteroatoms. The molecule has 5 nitrogen and oxygen atoms in total. The zero-order valence-corrected chi connectivity index (χ0v) is 9.57. The fourth-order valence-corrected chi connectivity index (χ4v) is 1.82. The van der Waals surface area contributed by atoms with Crippen LogP contribution in [0, 0.1) is 34.5 Å². The number of amidine groups is 1. The Morgan fingerprint density at radius 2 is 1.94 bits per heavy atom. The summed E-state index contributed by atoms with van der Waals surface area (Å²) in [5, 5.41) is 17.6. The molecule has 0 fully saturated rings. The van der Waals surface area contributed by atoms with Crippen molar-refractivity contribution in [2.75, 3.05) is 0 Å². The van der Waals surface area contributed by atoms with Gasteiger partial charge < -0.3 is 0 Å². The minimum atomic E-state index is -0.869. The monoisotopic (exact) mass is 218 g/mol. The Hall–Kier alpha value is -1.88. The number of nitrogens with two attached hydrogens (primary N) is 1. The maximum atomic E-state index is 8.79. The van der Waals surface area contributed by atoms with Crippen LogP contribution in [0.4, 0.5) is 0 Å². The Balaban J connectivity index is 2.93. The first-order valence-electron chi connectivity index (χ1n) is 5.44. The van der Waals surface area contributed by atoms with E-state index in [0.29, 0.717) is 17.5 Å². The summed E-state index contributed by atoms with van der Waals surface area (Å²) in [7, 11) is 0. The highest BCUT2D eigenvalue weighted by Gasteiger charge is 2.33. The molecule has 0 aliphatic carbocycles. The third-order valence-electron chi connectivity index (χ3n) is 2.88. The second-order valence-corrected chi connectivity index (χ2v) is 3.78. The maximum absolute atomic E-state index is 8.79. The van der Waals surface area contributed by atoms with Crippen molar-refractivity contribution in [3.05, 3.63) is 0 Å². The van der Waals surface area contributed by atoms with Crippen molar-refractivity contribution in [2.45, 2.75) is 32.9 Å². The van der Waals surface area contributed by atoms with E-state index in [4.69, 9.17) is 16.3 Å². The number of aliphatic imine (C=N–C) groups is 1. The van der Waals surface area contributed by atoms with E-state index in [1.807, 2.05) is 12.1 Å². The average molecular weight is 218 g/mol. The molecule has 1 aliphatic rings. The zero-order chi connectivity index (χ0) is 12.1. The van der Waals surface area contributed by atoms with E-state index in [9.17, 15) is 0 Å². The van der Waals surface area contributed by atoms with Crippen LogP contribution >= 0.6 is 0 Å². The van der Waals surface area contributed by atoms with Gasteiger partial charge in [0, 0.05) is 5.92 Å². The lowest BCUT2D eigenvalue weighted by Gasteiger charge is -2.12. The molecule has 0 amide bonds.